The maximum Gasteiger partial charge on any atom is 0.343 e. The van der Waals surface area contributed by atoms with Gasteiger partial charge in [-0.1, -0.05) is 0 Å². The molecule has 0 spiro atoms. The molecular formula is C9H13N3O3S. The van der Waals surface area contributed by atoms with Gasteiger partial charge in [-0.15, -0.1) is 0 Å². The van der Waals surface area contributed by atoms with E-state index < -0.39 is 12.0 Å². The van der Waals surface area contributed by atoms with Crippen LogP contribution in [-0.4, -0.2) is 30.0 Å². The Morgan fingerprint density at radius 3 is 2.75 bits per heavy atom. The van der Waals surface area contributed by atoms with Crippen molar-refractivity contribution in [1.29, 1.82) is 0 Å². The minimum Gasteiger partial charge on any atom is -0.462 e. The highest BCUT2D eigenvalue weighted by molar-refractivity contribution is 7.11. The molecular weight excluding hydrogens is 230 g/mol. The lowest BCUT2D eigenvalue weighted by molar-refractivity contribution is 0.0527. The zero-order chi connectivity index (χ0) is 12.1. The number of amides is 2. The Bertz CT molecular complexity index is 403. The molecule has 1 heterocycles. The van der Waals surface area contributed by atoms with E-state index in [9.17, 15) is 9.59 Å². The lowest BCUT2D eigenvalue weighted by Gasteiger charge is -2.05. The van der Waals surface area contributed by atoms with Gasteiger partial charge in [-0.25, -0.2) is 9.59 Å². The van der Waals surface area contributed by atoms with E-state index in [1.165, 1.54) is 7.05 Å². The molecule has 0 radical (unpaired) electrons. The fourth-order valence-corrected chi connectivity index (χ4v) is 1.84. The second kappa shape index (κ2) is 5.45. The summed E-state index contributed by atoms with van der Waals surface area (Å²) in [5.41, 5.74) is 0.866. The van der Waals surface area contributed by atoms with Crippen LogP contribution >= 0.6 is 11.5 Å². The van der Waals surface area contributed by atoms with Gasteiger partial charge in [0.15, 0.2) is 0 Å². The lowest BCUT2D eigenvalue weighted by atomic mass is 10.2. The molecule has 0 fully saturated rings. The first kappa shape index (κ1) is 12.4. The third-order valence-corrected chi connectivity index (χ3v) is 2.65. The highest BCUT2D eigenvalue weighted by Crippen LogP contribution is 2.25. The normalized spacial score (nSPS) is 9.69. The van der Waals surface area contributed by atoms with Gasteiger partial charge in [0.2, 0.25) is 0 Å². The SMILES string of the molecule is CCOC(=O)c1c(C)nsc1NC(=O)NC. The van der Waals surface area contributed by atoms with Crippen LogP contribution in [0, 0.1) is 6.92 Å². The third kappa shape index (κ3) is 2.69. The summed E-state index contributed by atoms with van der Waals surface area (Å²) in [6, 6.07) is -0.394. The molecule has 0 saturated carbocycles. The van der Waals surface area contributed by atoms with E-state index in [0.29, 0.717) is 16.3 Å². The van der Waals surface area contributed by atoms with Gasteiger partial charge in [0.05, 0.1) is 12.3 Å². The monoisotopic (exact) mass is 243 g/mol. The van der Waals surface area contributed by atoms with Gasteiger partial charge in [-0.05, 0) is 25.4 Å². The van der Waals surface area contributed by atoms with Crippen LogP contribution in [0.4, 0.5) is 9.80 Å². The van der Waals surface area contributed by atoms with E-state index in [4.69, 9.17) is 4.74 Å². The minimum absolute atomic E-state index is 0.285. The number of esters is 1. The third-order valence-electron chi connectivity index (χ3n) is 1.80. The summed E-state index contributed by atoms with van der Waals surface area (Å²) in [5, 5.41) is 5.32. The smallest absolute Gasteiger partial charge is 0.343 e. The number of aromatic nitrogens is 1. The van der Waals surface area contributed by atoms with E-state index in [-0.39, 0.29) is 6.61 Å². The number of carbonyl (C=O) groups is 2. The van der Waals surface area contributed by atoms with Gasteiger partial charge in [-0.2, -0.15) is 4.37 Å². The first-order chi connectivity index (χ1) is 7.60. The van der Waals surface area contributed by atoms with Crippen LogP contribution in [-0.2, 0) is 4.74 Å². The summed E-state index contributed by atoms with van der Waals surface area (Å²) in [6.07, 6.45) is 0. The van der Waals surface area contributed by atoms with Crippen LogP contribution in [0.2, 0.25) is 0 Å². The number of urea groups is 1. The maximum atomic E-state index is 11.6. The maximum absolute atomic E-state index is 11.6. The number of nitrogens with zero attached hydrogens (tertiary/aromatic N) is 1. The van der Waals surface area contributed by atoms with E-state index in [2.05, 4.69) is 15.0 Å². The number of ether oxygens (including phenoxy) is 1. The topological polar surface area (TPSA) is 80.3 Å². The Labute approximate surface area is 97.2 Å². The van der Waals surface area contributed by atoms with Gasteiger partial charge in [0, 0.05) is 7.05 Å². The van der Waals surface area contributed by atoms with Crippen LogP contribution in [0.1, 0.15) is 23.0 Å². The number of rotatable bonds is 3. The molecule has 88 valence electrons. The lowest BCUT2D eigenvalue weighted by Crippen LogP contribution is -2.25. The molecule has 0 aliphatic carbocycles. The van der Waals surface area contributed by atoms with Crippen LogP contribution in [0.25, 0.3) is 0 Å². The van der Waals surface area contributed by atoms with Crippen LogP contribution in [0.3, 0.4) is 0 Å². The summed E-state index contributed by atoms with van der Waals surface area (Å²) in [7, 11) is 1.49. The fourth-order valence-electron chi connectivity index (χ4n) is 1.06. The van der Waals surface area contributed by atoms with Gasteiger partial charge in [-0.3, -0.25) is 5.32 Å². The number of nitrogens with one attached hydrogen (secondary N) is 2. The van der Waals surface area contributed by atoms with Crippen molar-refractivity contribution in [3.63, 3.8) is 0 Å². The molecule has 1 aromatic heterocycles. The summed E-state index contributed by atoms with van der Waals surface area (Å²) in [4.78, 5) is 22.7. The second-order valence-electron chi connectivity index (χ2n) is 2.90. The first-order valence-corrected chi connectivity index (χ1v) is 5.49. The molecule has 6 nitrogen and oxygen atoms in total. The van der Waals surface area contributed by atoms with E-state index in [0.717, 1.165) is 11.5 Å². The summed E-state index contributed by atoms with van der Waals surface area (Å²) in [5.74, 6) is -0.472. The average molecular weight is 243 g/mol. The van der Waals surface area contributed by atoms with Crippen molar-refractivity contribution in [2.24, 2.45) is 0 Å². The van der Waals surface area contributed by atoms with Gasteiger partial charge in [0.25, 0.3) is 0 Å². The fraction of sp³-hybridized carbons (Fsp3) is 0.444. The van der Waals surface area contributed by atoms with Crippen molar-refractivity contribution in [2.75, 3.05) is 19.0 Å². The Kier molecular flexibility index (Phi) is 4.24. The van der Waals surface area contributed by atoms with Crippen LogP contribution < -0.4 is 10.6 Å². The van der Waals surface area contributed by atoms with E-state index >= 15 is 0 Å². The van der Waals surface area contributed by atoms with Gasteiger partial charge >= 0.3 is 12.0 Å². The number of hydrogen-bond donors (Lipinski definition) is 2. The molecule has 7 heteroatoms. The highest BCUT2D eigenvalue weighted by Gasteiger charge is 2.20. The summed E-state index contributed by atoms with van der Waals surface area (Å²) < 4.78 is 8.88. The summed E-state index contributed by atoms with van der Waals surface area (Å²) in [6.45, 7) is 3.70. The zero-order valence-corrected chi connectivity index (χ0v) is 10.1. The van der Waals surface area contributed by atoms with Crippen molar-refractivity contribution in [1.82, 2.24) is 9.69 Å². The van der Waals surface area contributed by atoms with Crippen LogP contribution in [0.5, 0.6) is 0 Å². The van der Waals surface area contributed by atoms with E-state index in [1.54, 1.807) is 13.8 Å². The molecule has 16 heavy (non-hydrogen) atoms. The number of aryl methyl sites for hydroxylation is 1. The highest BCUT2D eigenvalue weighted by atomic mass is 32.1. The molecule has 1 rings (SSSR count). The predicted molar refractivity (Wildman–Crippen MR) is 60.9 cm³/mol. The minimum atomic E-state index is -0.472. The zero-order valence-electron chi connectivity index (χ0n) is 9.29. The molecule has 0 aliphatic rings. The molecule has 0 aromatic carbocycles. The Morgan fingerprint density at radius 2 is 2.19 bits per heavy atom. The Morgan fingerprint density at radius 1 is 1.50 bits per heavy atom. The molecule has 0 saturated heterocycles. The molecule has 2 amide bonds. The molecule has 0 aliphatic heterocycles. The van der Waals surface area contributed by atoms with Crippen molar-refractivity contribution in [3.8, 4) is 0 Å². The van der Waals surface area contributed by atoms with Crippen molar-refractivity contribution in [3.05, 3.63) is 11.3 Å². The summed E-state index contributed by atoms with van der Waals surface area (Å²) >= 11 is 1.05. The molecule has 0 atom stereocenters. The number of anilines is 1. The Balaban J connectivity index is 2.93. The van der Waals surface area contributed by atoms with Crippen LogP contribution in [0.15, 0.2) is 0 Å². The standard InChI is InChI=1S/C9H13N3O3S/c1-4-15-8(13)6-5(2)12-16-7(6)11-9(14)10-3/h4H2,1-3H3,(H2,10,11,14). The number of carbonyl (C=O) groups excluding carboxylic acids is 2. The molecule has 0 unspecified atom stereocenters. The van der Waals surface area contributed by atoms with Crippen molar-refractivity contribution >= 4 is 28.5 Å². The quantitative estimate of drug-likeness (QED) is 0.786. The second-order valence-corrected chi connectivity index (χ2v) is 3.67. The Hall–Kier alpha value is -1.63. The molecule has 0 bridgehead atoms. The predicted octanol–water partition coefficient (Wildman–Crippen LogP) is 1.38. The largest absolute Gasteiger partial charge is 0.462 e. The first-order valence-electron chi connectivity index (χ1n) is 4.72. The average Bonchev–Trinajstić information content (AvgIpc) is 2.60. The molecule has 2 N–H and O–H groups in total. The van der Waals surface area contributed by atoms with Crippen molar-refractivity contribution < 1.29 is 14.3 Å². The van der Waals surface area contributed by atoms with Gasteiger partial charge in [0.1, 0.15) is 10.6 Å². The number of hydrogen-bond acceptors (Lipinski definition) is 5. The molecule has 1 aromatic rings. The van der Waals surface area contributed by atoms with Gasteiger partial charge < -0.3 is 10.1 Å². The van der Waals surface area contributed by atoms with Crippen molar-refractivity contribution in [2.45, 2.75) is 13.8 Å². The van der Waals surface area contributed by atoms with E-state index in [1.807, 2.05) is 0 Å².